The van der Waals surface area contributed by atoms with E-state index in [4.69, 9.17) is 11.6 Å². The fraction of sp³-hybridized carbons (Fsp3) is 0.188. The van der Waals surface area contributed by atoms with Gasteiger partial charge in [0.15, 0.2) is 11.5 Å². The summed E-state index contributed by atoms with van der Waals surface area (Å²) < 4.78 is 1.85. The van der Waals surface area contributed by atoms with Crippen LogP contribution >= 0.6 is 23.4 Å². The summed E-state index contributed by atoms with van der Waals surface area (Å²) in [7, 11) is 0. The van der Waals surface area contributed by atoms with E-state index >= 15 is 0 Å². The molecule has 0 saturated carbocycles. The van der Waals surface area contributed by atoms with Crippen molar-refractivity contribution in [2.75, 3.05) is 6.26 Å². The smallest absolute Gasteiger partial charge is 0.253 e. The Hall–Kier alpha value is -2.05. The molecule has 0 fully saturated rings. The van der Waals surface area contributed by atoms with E-state index in [0.717, 1.165) is 10.5 Å². The molecule has 1 unspecified atom stereocenters. The molecule has 3 aromatic rings. The van der Waals surface area contributed by atoms with Gasteiger partial charge in [0.1, 0.15) is 0 Å². The number of fused-ring (bicyclic) bond motifs is 1. The van der Waals surface area contributed by atoms with Crippen molar-refractivity contribution in [3.63, 3.8) is 0 Å². The lowest BCUT2D eigenvalue weighted by Gasteiger charge is -2.13. The van der Waals surface area contributed by atoms with Crippen LogP contribution in [0.1, 0.15) is 29.1 Å². The number of benzene rings is 1. The van der Waals surface area contributed by atoms with Gasteiger partial charge in [0.2, 0.25) is 0 Å². The highest BCUT2D eigenvalue weighted by Gasteiger charge is 2.18. The molecular formula is C16H15ClN4OS. The average molecular weight is 347 g/mol. The first-order chi connectivity index (χ1) is 11.1. The minimum Gasteiger partial charge on any atom is -0.342 e. The molecule has 1 amide bonds. The summed E-state index contributed by atoms with van der Waals surface area (Å²) >= 11 is 7.71. The number of nitrogens with zero attached hydrogens (tertiary/aromatic N) is 3. The molecule has 2 heterocycles. The van der Waals surface area contributed by atoms with Crippen LogP contribution in [-0.4, -0.2) is 26.8 Å². The van der Waals surface area contributed by atoms with E-state index in [9.17, 15) is 4.79 Å². The lowest BCUT2D eigenvalue weighted by Crippen LogP contribution is -2.28. The summed E-state index contributed by atoms with van der Waals surface area (Å²) in [5, 5.41) is 11.6. The normalized spacial score (nSPS) is 12.3. The van der Waals surface area contributed by atoms with E-state index < -0.39 is 0 Å². The van der Waals surface area contributed by atoms with Crippen LogP contribution < -0.4 is 5.32 Å². The van der Waals surface area contributed by atoms with Crippen LogP contribution in [0.15, 0.2) is 47.5 Å². The number of thioether (sulfide) groups is 1. The maximum Gasteiger partial charge on any atom is 0.253 e. The fourth-order valence-corrected chi connectivity index (χ4v) is 2.94. The van der Waals surface area contributed by atoms with Gasteiger partial charge in [-0.05, 0) is 43.5 Å². The van der Waals surface area contributed by atoms with Crippen molar-refractivity contribution in [1.82, 2.24) is 19.9 Å². The Labute approximate surface area is 143 Å². The van der Waals surface area contributed by atoms with E-state index in [1.54, 1.807) is 23.9 Å². The summed E-state index contributed by atoms with van der Waals surface area (Å²) in [6.07, 6.45) is 3.82. The van der Waals surface area contributed by atoms with Gasteiger partial charge < -0.3 is 5.32 Å². The number of halogens is 1. The highest BCUT2D eigenvalue weighted by Crippen LogP contribution is 2.23. The lowest BCUT2D eigenvalue weighted by atomic mass is 10.2. The van der Waals surface area contributed by atoms with E-state index in [-0.39, 0.29) is 11.9 Å². The monoisotopic (exact) mass is 346 g/mol. The zero-order valence-corrected chi connectivity index (χ0v) is 14.2. The number of aromatic nitrogens is 3. The van der Waals surface area contributed by atoms with Gasteiger partial charge in [-0.15, -0.1) is 22.0 Å². The third kappa shape index (κ3) is 3.18. The number of pyridine rings is 1. The van der Waals surface area contributed by atoms with E-state index in [0.29, 0.717) is 16.4 Å². The first-order valence-corrected chi connectivity index (χ1v) is 8.64. The molecule has 1 atom stereocenters. The van der Waals surface area contributed by atoms with Crippen LogP contribution in [0.25, 0.3) is 5.65 Å². The second kappa shape index (κ2) is 6.60. The van der Waals surface area contributed by atoms with Gasteiger partial charge in [-0.3, -0.25) is 9.20 Å². The molecule has 0 aliphatic heterocycles. The molecule has 0 saturated heterocycles. The number of carbonyl (C=O) groups excluding carboxylic acids is 1. The summed E-state index contributed by atoms with van der Waals surface area (Å²) in [6, 6.07) is 10.8. The number of carbonyl (C=O) groups is 1. The predicted octanol–water partition coefficient (Wildman–Crippen LogP) is 3.60. The fourth-order valence-electron chi connectivity index (χ4n) is 2.30. The number of hydrogen-bond donors (Lipinski definition) is 1. The molecule has 0 bridgehead atoms. The summed E-state index contributed by atoms with van der Waals surface area (Å²) in [5.74, 6) is 0.442. The molecule has 0 radical (unpaired) electrons. The Morgan fingerprint density at radius 1 is 1.30 bits per heavy atom. The molecule has 7 heteroatoms. The minimum atomic E-state index is -0.297. The van der Waals surface area contributed by atoms with E-state index in [1.165, 1.54) is 0 Å². The van der Waals surface area contributed by atoms with Crippen LogP contribution in [-0.2, 0) is 0 Å². The zero-order chi connectivity index (χ0) is 16.4. The van der Waals surface area contributed by atoms with Crippen molar-refractivity contribution in [3.8, 4) is 0 Å². The molecular weight excluding hydrogens is 332 g/mol. The Kier molecular flexibility index (Phi) is 4.54. The summed E-state index contributed by atoms with van der Waals surface area (Å²) in [4.78, 5) is 13.5. The van der Waals surface area contributed by atoms with Gasteiger partial charge in [0.05, 0.1) is 16.6 Å². The first kappa shape index (κ1) is 15.8. The molecule has 1 aromatic carbocycles. The Balaban J connectivity index is 1.85. The van der Waals surface area contributed by atoms with Gasteiger partial charge in [-0.1, -0.05) is 17.7 Å². The predicted molar refractivity (Wildman–Crippen MR) is 92.1 cm³/mol. The second-order valence-corrected chi connectivity index (χ2v) is 6.31. The maximum atomic E-state index is 12.5. The summed E-state index contributed by atoms with van der Waals surface area (Å²) in [5.41, 5.74) is 1.20. The molecule has 23 heavy (non-hydrogen) atoms. The van der Waals surface area contributed by atoms with Gasteiger partial charge in [-0.25, -0.2) is 0 Å². The Morgan fingerprint density at radius 2 is 2.13 bits per heavy atom. The van der Waals surface area contributed by atoms with Crippen molar-refractivity contribution in [2.24, 2.45) is 0 Å². The van der Waals surface area contributed by atoms with Crippen LogP contribution in [0.5, 0.6) is 0 Å². The molecule has 5 nitrogen and oxygen atoms in total. The Morgan fingerprint density at radius 3 is 2.91 bits per heavy atom. The largest absolute Gasteiger partial charge is 0.342 e. The van der Waals surface area contributed by atoms with Crippen molar-refractivity contribution >= 4 is 34.9 Å². The first-order valence-electron chi connectivity index (χ1n) is 7.04. The van der Waals surface area contributed by atoms with Crippen LogP contribution in [0, 0.1) is 0 Å². The quantitative estimate of drug-likeness (QED) is 0.733. The van der Waals surface area contributed by atoms with Gasteiger partial charge in [0, 0.05) is 11.1 Å². The molecule has 3 rings (SSSR count). The zero-order valence-electron chi connectivity index (χ0n) is 12.7. The van der Waals surface area contributed by atoms with Gasteiger partial charge in [0.25, 0.3) is 5.91 Å². The molecule has 0 aliphatic rings. The number of amides is 1. The third-order valence-electron chi connectivity index (χ3n) is 3.49. The molecule has 2 aromatic heterocycles. The van der Waals surface area contributed by atoms with Crippen LogP contribution in [0.2, 0.25) is 5.02 Å². The van der Waals surface area contributed by atoms with Gasteiger partial charge in [-0.2, -0.15) is 0 Å². The molecule has 118 valence electrons. The highest BCUT2D eigenvalue weighted by molar-refractivity contribution is 7.98. The minimum absolute atomic E-state index is 0.230. The number of nitrogens with one attached hydrogen (secondary N) is 1. The lowest BCUT2D eigenvalue weighted by molar-refractivity contribution is 0.0938. The van der Waals surface area contributed by atoms with E-state index in [2.05, 4.69) is 15.5 Å². The Bertz CT molecular complexity index is 864. The SMILES string of the molecule is CSc1ccc(Cl)c(C(=O)NC(C)c2nnc3ccccn23)c1. The molecule has 0 aliphatic carbocycles. The average Bonchev–Trinajstić information content (AvgIpc) is 2.99. The number of rotatable bonds is 4. The van der Waals surface area contributed by atoms with Crippen molar-refractivity contribution < 1.29 is 4.79 Å². The molecule has 0 spiro atoms. The van der Waals surface area contributed by atoms with Crippen molar-refractivity contribution in [2.45, 2.75) is 17.9 Å². The van der Waals surface area contributed by atoms with Crippen molar-refractivity contribution in [3.05, 3.63) is 59.0 Å². The van der Waals surface area contributed by atoms with Gasteiger partial charge >= 0.3 is 0 Å². The van der Waals surface area contributed by atoms with Crippen LogP contribution in [0.4, 0.5) is 0 Å². The topological polar surface area (TPSA) is 59.3 Å². The highest BCUT2D eigenvalue weighted by atomic mass is 35.5. The standard InChI is InChI=1S/C16H15ClN4OS/c1-10(15-20-19-14-5-3-4-8-21(14)15)18-16(22)12-9-11(23-2)6-7-13(12)17/h3-10H,1-2H3,(H,18,22). The molecule has 1 N–H and O–H groups in total. The number of hydrogen-bond acceptors (Lipinski definition) is 4. The maximum absolute atomic E-state index is 12.5. The third-order valence-corrected chi connectivity index (χ3v) is 4.55. The van der Waals surface area contributed by atoms with E-state index in [1.807, 2.05) is 48.0 Å². The summed E-state index contributed by atoms with van der Waals surface area (Å²) in [6.45, 7) is 1.87. The second-order valence-electron chi connectivity index (χ2n) is 5.03. The van der Waals surface area contributed by atoms with Crippen molar-refractivity contribution in [1.29, 1.82) is 0 Å². The van der Waals surface area contributed by atoms with Crippen LogP contribution in [0.3, 0.4) is 0 Å².